The third-order valence-corrected chi connectivity index (χ3v) is 4.17. The van der Waals surface area contributed by atoms with Gasteiger partial charge in [0.05, 0.1) is 5.01 Å². The topological polar surface area (TPSA) is 50.7 Å². The van der Waals surface area contributed by atoms with Crippen LogP contribution in [0.1, 0.15) is 43.2 Å². The Kier molecular flexibility index (Phi) is 4.71. The molecule has 0 aliphatic carbocycles. The van der Waals surface area contributed by atoms with E-state index >= 15 is 0 Å². The van der Waals surface area contributed by atoms with Gasteiger partial charge in [0.1, 0.15) is 17.3 Å². The SMILES string of the molecule is CC(C)c1c(Cl)ncnc1NCC(C)c1nccs1. The average molecular weight is 297 g/mol. The number of aromatic nitrogens is 3. The summed E-state index contributed by atoms with van der Waals surface area (Å²) < 4.78 is 0. The van der Waals surface area contributed by atoms with E-state index in [0.29, 0.717) is 11.1 Å². The second-order valence-electron chi connectivity index (χ2n) is 4.73. The molecule has 4 nitrogen and oxygen atoms in total. The van der Waals surface area contributed by atoms with Crippen LogP contribution in [0.15, 0.2) is 17.9 Å². The zero-order chi connectivity index (χ0) is 13.8. The Bertz CT molecular complexity index is 527. The molecule has 0 aliphatic heterocycles. The molecule has 0 amide bonds. The van der Waals surface area contributed by atoms with Gasteiger partial charge in [0.15, 0.2) is 0 Å². The Morgan fingerprint density at radius 3 is 2.68 bits per heavy atom. The summed E-state index contributed by atoms with van der Waals surface area (Å²) >= 11 is 7.81. The molecule has 2 heterocycles. The van der Waals surface area contributed by atoms with Crippen LogP contribution >= 0.6 is 22.9 Å². The summed E-state index contributed by atoms with van der Waals surface area (Å²) in [6.45, 7) is 7.09. The highest BCUT2D eigenvalue weighted by molar-refractivity contribution is 7.09. The van der Waals surface area contributed by atoms with Gasteiger partial charge in [0, 0.05) is 29.6 Å². The molecule has 0 fully saturated rings. The molecule has 1 N–H and O–H groups in total. The average Bonchev–Trinajstić information content (AvgIpc) is 2.89. The third-order valence-electron chi connectivity index (χ3n) is 2.86. The van der Waals surface area contributed by atoms with Crippen molar-refractivity contribution in [2.24, 2.45) is 0 Å². The van der Waals surface area contributed by atoms with Crippen LogP contribution < -0.4 is 5.32 Å². The van der Waals surface area contributed by atoms with E-state index in [1.807, 2.05) is 11.6 Å². The number of hydrogen-bond donors (Lipinski definition) is 1. The van der Waals surface area contributed by atoms with E-state index in [9.17, 15) is 0 Å². The first-order valence-electron chi connectivity index (χ1n) is 6.23. The standard InChI is InChI=1S/C13H17ClN4S/c1-8(2)10-11(14)17-7-18-12(10)16-6-9(3)13-15-4-5-19-13/h4-5,7-9H,6H2,1-3H3,(H,16,17,18). The van der Waals surface area contributed by atoms with E-state index in [-0.39, 0.29) is 5.92 Å². The molecule has 2 rings (SSSR count). The van der Waals surface area contributed by atoms with Crippen molar-refractivity contribution >= 4 is 28.8 Å². The minimum Gasteiger partial charge on any atom is -0.369 e. The van der Waals surface area contributed by atoms with Crippen molar-refractivity contribution in [3.63, 3.8) is 0 Å². The van der Waals surface area contributed by atoms with E-state index in [1.54, 1.807) is 11.3 Å². The lowest BCUT2D eigenvalue weighted by Gasteiger charge is -2.16. The highest BCUT2D eigenvalue weighted by Gasteiger charge is 2.15. The van der Waals surface area contributed by atoms with Crippen LogP contribution in [0, 0.1) is 0 Å². The summed E-state index contributed by atoms with van der Waals surface area (Å²) in [5.41, 5.74) is 0.968. The molecule has 2 aromatic heterocycles. The second kappa shape index (κ2) is 6.30. The fraction of sp³-hybridized carbons (Fsp3) is 0.462. The monoisotopic (exact) mass is 296 g/mol. The molecule has 0 radical (unpaired) electrons. The Labute approximate surface area is 122 Å². The normalized spacial score (nSPS) is 12.7. The Hall–Kier alpha value is -1.20. The second-order valence-corrected chi connectivity index (χ2v) is 6.02. The number of rotatable bonds is 5. The minimum atomic E-state index is 0.284. The van der Waals surface area contributed by atoms with Crippen LogP contribution in [0.4, 0.5) is 5.82 Å². The third kappa shape index (κ3) is 3.42. The molecule has 0 saturated heterocycles. The number of hydrogen-bond acceptors (Lipinski definition) is 5. The van der Waals surface area contributed by atoms with Gasteiger partial charge in [-0.05, 0) is 5.92 Å². The predicted molar refractivity (Wildman–Crippen MR) is 80.1 cm³/mol. The van der Waals surface area contributed by atoms with Crippen LogP contribution in [-0.4, -0.2) is 21.5 Å². The van der Waals surface area contributed by atoms with Crippen molar-refractivity contribution in [2.75, 3.05) is 11.9 Å². The van der Waals surface area contributed by atoms with E-state index in [4.69, 9.17) is 11.6 Å². The molecule has 2 aromatic rings. The summed E-state index contributed by atoms with van der Waals surface area (Å²) in [5, 5.41) is 6.99. The van der Waals surface area contributed by atoms with Crippen LogP contribution in [-0.2, 0) is 0 Å². The van der Waals surface area contributed by atoms with Gasteiger partial charge < -0.3 is 5.32 Å². The van der Waals surface area contributed by atoms with E-state index in [0.717, 1.165) is 22.9 Å². The first-order valence-corrected chi connectivity index (χ1v) is 7.49. The number of thiazole rings is 1. The van der Waals surface area contributed by atoms with Gasteiger partial charge in [0.25, 0.3) is 0 Å². The van der Waals surface area contributed by atoms with E-state index < -0.39 is 0 Å². The lowest BCUT2D eigenvalue weighted by atomic mass is 10.1. The zero-order valence-corrected chi connectivity index (χ0v) is 12.8. The molecule has 1 atom stereocenters. The lowest BCUT2D eigenvalue weighted by molar-refractivity contribution is 0.781. The summed E-state index contributed by atoms with van der Waals surface area (Å²) in [4.78, 5) is 12.7. The maximum atomic E-state index is 6.14. The van der Waals surface area contributed by atoms with Gasteiger partial charge in [-0.15, -0.1) is 11.3 Å². The number of nitrogens with zero attached hydrogens (tertiary/aromatic N) is 3. The van der Waals surface area contributed by atoms with Gasteiger partial charge in [-0.3, -0.25) is 0 Å². The van der Waals surface area contributed by atoms with Crippen molar-refractivity contribution < 1.29 is 0 Å². The van der Waals surface area contributed by atoms with Gasteiger partial charge in [-0.2, -0.15) is 0 Å². The van der Waals surface area contributed by atoms with Gasteiger partial charge >= 0.3 is 0 Å². The lowest BCUT2D eigenvalue weighted by Crippen LogP contribution is -2.13. The zero-order valence-electron chi connectivity index (χ0n) is 11.2. The first kappa shape index (κ1) is 14.2. The minimum absolute atomic E-state index is 0.284. The Morgan fingerprint density at radius 2 is 2.05 bits per heavy atom. The van der Waals surface area contributed by atoms with Gasteiger partial charge in [-0.1, -0.05) is 32.4 Å². The summed E-state index contributed by atoms with van der Waals surface area (Å²) in [6, 6.07) is 0. The maximum Gasteiger partial charge on any atom is 0.138 e. The number of anilines is 1. The molecular formula is C13H17ClN4S. The summed E-state index contributed by atoms with van der Waals surface area (Å²) in [5.74, 6) is 1.44. The van der Waals surface area contributed by atoms with Gasteiger partial charge in [0.2, 0.25) is 0 Å². The van der Waals surface area contributed by atoms with Crippen LogP contribution in [0.2, 0.25) is 5.15 Å². The smallest absolute Gasteiger partial charge is 0.138 e. The van der Waals surface area contributed by atoms with Gasteiger partial charge in [-0.25, -0.2) is 15.0 Å². The van der Waals surface area contributed by atoms with Crippen LogP contribution in [0.25, 0.3) is 0 Å². The highest BCUT2D eigenvalue weighted by Crippen LogP contribution is 2.28. The highest BCUT2D eigenvalue weighted by atomic mass is 35.5. The van der Waals surface area contributed by atoms with Crippen molar-refractivity contribution in [1.82, 2.24) is 15.0 Å². The van der Waals surface area contributed by atoms with E-state index in [2.05, 4.69) is 41.0 Å². The molecule has 19 heavy (non-hydrogen) atoms. The Morgan fingerprint density at radius 1 is 1.26 bits per heavy atom. The largest absolute Gasteiger partial charge is 0.369 e. The van der Waals surface area contributed by atoms with Crippen LogP contribution in [0.5, 0.6) is 0 Å². The molecule has 0 saturated carbocycles. The quantitative estimate of drug-likeness (QED) is 0.850. The van der Waals surface area contributed by atoms with Crippen molar-refractivity contribution in [3.8, 4) is 0 Å². The molecule has 6 heteroatoms. The molecule has 102 valence electrons. The fourth-order valence-electron chi connectivity index (χ4n) is 1.84. The summed E-state index contributed by atoms with van der Waals surface area (Å²) in [7, 11) is 0. The maximum absolute atomic E-state index is 6.14. The molecule has 0 spiro atoms. The number of halogens is 1. The molecular weight excluding hydrogens is 280 g/mol. The molecule has 0 aliphatic rings. The molecule has 0 bridgehead atoms. The molecule has 0 aromatic carbocycles. The van der Waals surface area contributed by atoms with Crippen molar-refractivity contribution in [3.05, 3.63) is 33.6 Å². The van der Waals surface area contributed by atoms with E-state index in [1.165, 1.54) is 6.33 Å². The summed E-state index contributed by atoms with van der Waals surface area (Å²) in [6.07, 6.45) is 3.32. The van der Waals surface area contributed by atoms with Crippen molar-refractivity contribution in [1.29, 1.82) is 0 Å². The van der Waals surface area contributed by atoms with Crippen LogP contribution in [0.3, 0.4) is 0 Å². The predicted octanol–water partition coefficient (Wildman–Crippen LogP) is 3.93. The number of nitrogens with one attached hydrogen (secondary N) is 1. The fourth-order valence-corrected chi connectivity index (χ4v) is 2.89. The Balaban J connectivity index is 2.09. The van der Waals surface area contributed by atoms with Crippen molar-refractivity contribution in [2.45, 2.75) is 32.6 Å². The first-order chi connectivity index (χ1) is 9.09. The molecule has 1 unspecified atom stereocenters.